The number of nitrogens with zero attached hydrogens (tertiary/aromatic N) is 2. The van der Waals surface area contributed by atoms with Crippen LogP contribution in [0.1, 0.15) is 55.9 Å². The van der Waals surface area contributed by atoms with E-state index in [1.807, 2.05) is 6.92 Å². The number of rotatable bonds is 4. The van der Waals surface area contributed by atoms with Crippen LogP contribution in [0, 0.1) is 0 Å². The topological polar surface area (TPSA) is 60.9 Å². The number of ketones is 1. The Morgan fingerprint density at radius 3 is 2.78 bits per heavy atom. The summed E-state index contributed by atoms with van der Waals surface area (Å²) in [4.78, 5) is 12.4. The molecule has 2 N–H and O–H groups in total. The molecule has 4 nitrogen and oxygen atoms in total. The molecule has 1 aromatic rings. The Morgan fingerprint density at radius 2 is 2.17 bits per heavy atom. The van der Waals surface area contributed by atoms with Gasteiger partial charge in [0.15, 0.2) is 5.78 Å². The molecule has 0 unspecified atom stereocenters. The quantitative estimate of drug-likeness (QED) is 0.855. The van der Waals surface area contributed by atoms with Crippen molar-refractivity contribution in [3.63, 3.8) is 0 Å². The van der Waals surface area contributed by atoms with Gasteiger partial charge in [0, 0.05) is 18.5 Å². The van der Waals surface area contributed by atoms with Crippen molar-refractivity contribution in [2.75, 3.05) is 0 Å². The van der Waals surface area contributed by atoms with Gasteiger partial charge in [-0.15, -0.1) is 0 Å². The molecular formula is C13H20ClN3O. The molecule has 1 aromatic heterocycles. The lowest BCUT2D eigenvalue weighted by Gasteiger charge is -2.32. The van der Waals surface area contributed by atoms with Gasteiger partial charge in [0.2, 0.25) is 0 Å². The Bertz CT molecular complexity index is 435. The lowest BCUT2D eigenvalue weighted by Crippen LogP contribution is -2.43. The molecule has 0 amide bonds. The molecule has 1 saturated carbocycles. The molecule has 1 aliphatic rings. The second kappa shape index (κ2) is 5.41. The summed E-state index contributed by atoms with van der Waals surface area (Å²) < 4.78 is 1.65. The molecule has 0 bridgehead atoms. The van der Waals surface area contributed by atoms with Gasteiger partial charge in [0.05, 0.1) is 11.2 Å². The summed E-state index contributed by atoms with van der Waals surface area (Å²) in [5.74, 6) is 0.0174. The van der Waals surface area contributed by atoms with Crippen LogP contribution in [-0.4, -0.2) is 21.1 Å². The molecule has 0 atom stereocenters. The van der Waals surface area contributed by atoms with E-state index < -0.39 is 0 Å². The Morgan fingerprint density at radius 1 is 1.50 bits per heavy atom. The van der Waals surface area contributed by atoms with Gasteiger partial charge in [-0.25, -0.2) is 0 Å². The summed E-state index contributed by atoms with van der Waals surface area (Å²) in [5.41, 5.74) is 6.48. The summed E-state index contributed by atoms with van der Waals surface area (Å²) in [7, 11) is 0. The molecule has 1 heterocycles. The fourth-order valence-corrected chi connectivity index (χ4v) is 2.96. The number of hydrogen-bond donors (Lipinski definition) is 1. The van der Waals surface area contributed by atoms with Gasteiger partial charge in [0.25, 0.3) is 0 Å². The molecule has 2 rings (SSSR count). The van der Waals surface area contributed by atoms with Crippen molar-refractivity contribution < 1.29 is 4.79 Å². The van der Waals surface area contributed by atoms with Gasteiger partial charge in [-0.05, 0) is 19.8 Å². The van der Waals surface area contributed by atoms with E-state index in [0.717, 1.165) is 25.7 Å². The average molecular weight is 270 g/mol. The van der Waals surface area contributed by atoms with Crippen molar-refractivity contribution in [3.8, 4) is 0 Å². The van der Waals surface area contributed by atoms with Crippen molar-refractivity contribution in [1.82, 2.24) is 9.78 Å². The standard InChI is InChI=1S/C13H20ClN3O/c1-2-17-12(10(14)9-16-17)11(18)8-13(15)6-4-3-5-7-13/h9H,2-8,15H2,1H3. The average Bonchev–Trinajstić information content (AvgIpc) is 2.70. The van der Waals surface area contributed by atoms with E-state index in [1.165, 1.54) is 12.6 Å². The predicted octanol–water partition coefficient (Wildman–Crippen LogP) is 2.79. The maximum Gasteiger partial charge on any atom is 0.184 e. The number of carbonyl (C=O) groups is 1. The minimum Gasteiger partial charge on any atom is -0.325 e. The number of Topliss-reactive ketones (excluding diaryl/α,β-unsaturated/α-hetero) is 1. The van der Waals surface area contributed by atoms with E-state index in [1.54, 1.807) is 4.68 Å². The minimum atomic E-state index is -0.346. The van der Waals surface area contributed by atoms with Crippen LogP contribution in [0.15, 0.2) is 6.20 Å². The van der Waals surface area contributed by atoms with Crippen LogP contribution in [0.4, 0.5) is 0 Å². The maximum atomic E-state index is 12.4. The fraction of sp³-hybridized carbons (Fsp3) is 0.692. The zero-order valence-electron chi connectivity index (χ0n) is 10.8. The number of nitrogens with two attached hydrogens (primary N) is 1. The number of hydrogen-bond acceptors (Lipinski definition) is 3. The summed E-state index contributed by atoms with van der Waals surface area (Å²) >= 11 is 6.04. The zero-order valence-corrected chi connectivity index (χ0v) is 11.5. The summed E-state index contributed by atoms with van der Waals surface area (Å²) in [6.45, 7) is 2.59. The first-order valence-corrected chi connectivity index (χ1v) is 6.97. The van der Waals surface area contributed by atoms with Gasteiger partial charge < -0.3 is 5.73 Å². The number of halogens is 1. The van der Waals surface area contributed by atoms with Crippen molar-refractivity contribution >= 4 is 17.4 Å². The zero-order chi connectivity index (χ0) is 13.2. The molecule has 0 aromatic carbocycles. The van der Waals surface area contributed by atoms with E-state index >= 15 is 0 Å². The summed E-state index contributed by atoms with van der Waals surface area (Å²) in [6.07, 6.45) is 7.21. The number of aromatic nitrogens is 2. The normalized spacial score (nSPS) is 18.8. The van der Waals surface area contributed by atoms with Crippen LogP contribution in [-0.2, 0) is 6.54 Å². The van der Waals surface area contributed by atoms with Crippen LogP contribution in [0.2, 0.25) is 5.02 Å². The van der Waals surface area contributed by atoms with E-state index in [9.17, 15) is 4.79 Å². The van der Waals surface area contributed by atoms with Crippen molar-refractivity contribution in [1.29, 1.82) is 0 Å². The molecule has 0 aliphatic heterocycles. The molecule has 1 aliphatic carbocycles. The molecule has 1 fully saturated rings. The van der Waals surface area contributed by atoms with E-state index in [-0.39, 0.29) is 11.3 Å². The lowest BCUT2D eigenvalue weighted by atomic mass is 9.79. The SMILES string of the molecule is CCn1ncc(Cl)c1C(=O)CC1(N)CCCCC1. The highest BCUT2D eigenvalue weighted by molar-refractivity contribution is 6.33. The first-order chi connectivity index (χ1) is 8.56. The second-order valence-corrected chi connectivity index (χ2v) is 5.59. The highest BCUT2D eigenvalue weighted by Crippen LogP contribution is 2.30. The number of aryl methyl sites for hydroxylation is 1. The fourth-order valence-electron chi connectivity index (χ4n) is 2.72. The Hall–Kier alpha value is -0.870. The lowest BCUT2D eigenvalue weighted by molar-refractivity contribution is 0.0924. The monoisotopic (exact) mass is 269 g/mol. The molecular weight excluding hydrogens is 250 g/mol. The van der Waals surface area contributed by atoms with Crippen LogP contribution in [0.3, 0.4) is 0 Å². The van der Waals surface area contributed by atoms with Crippen molar-refractivity contribution in [2.24, 2.45) is 5.73 Å². The molecule has 0 spiro atoms. The third-order valence-electron chi connectivity index (χ3n) is 3.72. The molecule has 5 heteroatoms. The van der Waals surface area contributed by atoms with E-state index in [4.69, 9.17) is 17.3 Å². The van der Waals surface area contributed by atoms with Crippen molar-refractivity contribution in [3.05, 3.63) is 16.9 Å². The first-order valence-electron chi connectivity index (χ1n) is 6.59. The van der Waals surface area contributed by atoms with Crippen LogP contribution >= 0.6 is 11.6 Å². The van der Waals surface area contributed by atoms with Gasteiger partial charge in [-0.1, -0.05) is 30.9 Å². The first kappa shape index (κ1) is 13.6. The van der Waals surface area contributed by atoms with E-state index in [2.05, 4.69) is 5.10 Å². The third-order valence-corrected chi connectivity index (χ3v) is 4.00. The van der Waals surface area contributed by atoms with Crippen LogP contribution in [0.25, 0.3) is 0 Å². The summed E-state index contributed by atoms with van der Waals surface area (Å²) in [6, 6.07) is 0. The molecule has 0 saturated heterocycles. The minimum absolute atomic E-state index is 0.0174. The van der Waals surface area contributed by atoms with Crippen LogP contribution in [0.5, 0.6) is 0 Å². The Labute approximate surface area is 112 Å². The van der Waals surface area contributed by atoms with Crippen LogP contribution < -0.4 is 5.73 Å². The Balaban J connectivity index is 2.13. The smallest absolute Gasteiger partial charge is 0.184 e. The Kier molecular flexibility index (Phi) is 4.07. The molecule has 18 heavy (non-hydrogen) atoms. The highest BCUT2D eigenvalue weighted by Gasteiger charge is 2.32. The maximum absolute atomic E-state index is 12.4. The van der Waals surface area contributed by atoms with Gasteiger partial charge in [-0.3, -0.25) is 9.48 Å². The second-order valence-electron chi connectivity index (χ2n) is 5.18. The van der Waals surface area contributed by atoms with Gasteiger partial charge in [0.1, 0.15) is 5.69 Å². The van der Waals surface area contributed by atoms with Gasteiger partial charge in [-0.2, -0.15) is 5.10 Å². The largest absolute Gasteiger partial charge is 0.325 e. The third kappa shape index (κ3) is 2.75. The molecule has 100 valence electrons. The predicted molar refractivity (Wildman–Crippen MR) is 71.9 cm³/mol. The highest BCUT2D eigenvalue weighted by atomic mass is 35.5. The van der Waals surface area contributed by atoms with Crippen molar-refractivity contribution in [2.45, 2.75) is 57.5 Å². The van der Waals surface area contributed by atoms with Gasteiger partial charge >= 0.3 is 0 Å². The molecule has 0 radical (unpaired) electrons. The number of carbonyl (C=O) groups excluding carboxylic acids is 1. The summed E-state index contributed by atoms with van der Waals surface area (Å²) in [5, 5.41) is 4.53. The van der Waals surface area contributed by atoms with E-state index in [0.29, 0.717) is 23.7 Å².